The van der Waals surface area contributed by atoms with Crippen molar-refractivity contribution in [3.8, 4) is 0 Å². The molecule has 2 aromatic carbocycles. The number of amides is 1. The van der Waals surface area contributed by atoms with Crippen molar-refractivity contribution >= 4 is 11.6 Å². The van der Waals surface area contributed by atoms with E-state index >= 15 is 0 Å². The van der Waals surface area contributed by atoms with E-state index in [4.69, 9.17) is 5.73 Å². The second-order valence-electron chi connectivity index (χ2n) is 6.00. The number of carbonyl (C=O) groups is 1. The minimum Gasteiger partial charge on any atom is -0.324 e. The Morgan fingerprint density at radius 3 is 2.23 bits per heavy atom. The van der Waals surface area contributed by atoms with Crippen molar-refractivity contribution in [2.75, 3.05) is 11.4 Å². The maximum Gasteiger partial charge on any atom is 0.228 e. The maximum absolute atomic E-state index is 12.7. The van der Waals surface area contributed by atoms with Crippen LogP contribution in [0.15, 0.2) is 60.7 Å². The Hall–Kier alpha value is -2.13. The van der Waals surface area contributed by atoms with Gasteiger partial charge in [-0.3, -0.25) is 4.79 Å². The van der Waals surface area contributed by atoms with Crippen molar-refractivity contribution in [1.82, 2.24) is 0 Å². The number of para-hydroxylation sites is 1. The van der Waals surface area contributed by atoms with Gasteiger partial charge in [-0.2, -0.15) is 0 Å². The summed E-state index contributed by atoms with van der Waals surface area (Å²) < 4.78 is 0. The molecule has 0 aliphatic heterocycles. The summed E-state index contributed by atoms with van der Waals surface area (Å²) in [6, 6.07) is 19.5. The molecule has 1 unspecified atom stereocenters. The molecule has 0 bridgehead atoms. The third-order valence-electron chi connectivity index (χ3n) is 4.13. The third-order valence-corrected chi connectivity index (χ3v) is 4.13. The fourth-order valence-corrected chi connectivity index (χ4v) is 2.63. The van der Waals surface area contributed by atoms with Gasteiger partial charge in [-0.1, -0.05) is 48.5 Å². The van der Waals surface area contributed by atoms with E-state index in [0.29, 0.717) is 12.3 Å². The molecule has 0 saturated heterocycles. The predicted molar refractivity (Wildman–Crippen MR) is 89.5 cm³/mol. The van der Waals surface area contributed by atoms with Gasteiger partial charge in [0, 0.05) is 24.7 Å². The van der Waals surface area contributed by atoms with Gasteiger partial charge >= 0.3 is 0 Å². The van der Waals surface area contributed by atoms with Crippen LogP contribution < -0.4 is 10.6 Å². The summed E-state index contributed by atoms with van der Waals surface area (Å²) in [6.45, 7) is 0.810. The number of carbonyl (C=O) groups excluding carboxylic acids is 1. The Bertz CT molecular complexity index is 608. The van der Waals surface area contributed by atoms with Crippen LogP contribution in [0, 0.1) is 5.92 Å². The Kier molecular flexibility index (Phi) is 4.54. The van der Waals surface area contributed by atoms with Gasteiger partial charge in [0.25, 0.3) is 0 Å². The molecular formula is C19H22N2O. The van der Waals surface area contributed by atoms with E-state index in [1.807, 2.05) is 65.6 Å². The van der Waals surface area contributed by atoms with Crippen LogP contribution in [0.1, 0.15) is 30.9 Å². The summed E-state index contributed by atoms with van der Waals surface area (Å²) in [5.41, 5.74) is 8.19. The molecule has 2 N–H and O–H groups in total. The van der Waals surface area contributed by atoms with Crippen LogP contribution >= 0.6 is 0 Å². The summed E-state index contributed by atoms with van der Waals surface area (Å²) in [5.74, 6) is 0.756. The zero-order valence-corrected chi connectivity index (χ0v) is 12.7. The van der Waals surface area contributed by atoms with Gasteiger partial charge in [0.2, 0.25) is 5.91 Å². The Morgan fingerprint density at radius 1 is 1.05 bits per heavy atom. The lowest BCUT2D eigenvalue weighted by molar-refractivity contribution is -0.119. The van der Waals surface area contributed by atoms with E-state index in [9.17, 15) is 4.79 Å². The second-order valence-corrected chi connectivity index (χ2v) is 6.00. The third kappa shape index (κ3) is 3.74. The fraction of sp³-hybridized carbons (Fsp3) is 0.316. The largest absolute Gasteiger partial charge is 0.324 e. The molecule has 0 spiro atoms. The highest BCUT2D eigenvalue weighted by atomic mass is 16.2. The normalized spacial score (nSPS) is 15.3. The lowest BCUT2D eigenvalue weighted by Gasteiger charge is -2.24. The second kappa shape index (κ2) is 6.75. The number of anilines is 1. The van der Waals surface area contributed by atoms with Gasteiger partial charge in [0.05, 0.1) is 0 Å². The number of nitrogens with zero attached hydrogens (tertiary/aromatic N) is 1. The molecule has 1 aliphatic rings. The zero-order valence-electron chi connectivity index (χ0n) is 12.7. The van der Waals surface area contributed by atoms with E-state index < -0.39 is 0 Å². The Morgan fingerprint density at radius 2 is 1.64 bits per heavy atom. The number of nitrogens with two attached hydrogens (primary N) is 1. The first kappa shape index (κ1) is 14.8. The summed E-state index contributed by atoms with van der Waals surface area (Å²) in [7, 11) is 0. The van der Waals surface area contributed by atoms with Crippen LogP contribution in [-0.4, -0.2) is 12.5 Å². The molecule has 0 heterocycles. The number of benzene rings is 2. The molecule has 2 aromatic rings. The van der Waals surface area contributed by atoms with Gasteiger partial charge in [0.1, 0.15) is 0 Å². The van der Waals surface area contributed by atoms with E-state index in [-0.39, 0.29) is 11.9 Å². The van der Waals surface area contributed by atoms with E-state index in [1.165, 1.54) is 12.8 Å². The first-order valence-electron chi connectivity index (χ1n) is 7.90. The van der Waals surface area contributed by atoms with E-state index in [0.717, 1.165) is 17.8 Å². The van der Waals surface area contributed by atoms with Crippen LogP contribution in [0.3, 0.4) is 0 Å². The van der Waals surface area contributed by atoms with Gasteiger partial charge < -0.3 is 10.6 Å². The molecule has 1 amide bonds. The van der Waals surface area contributed by atoms with Gasteiger partial charge in [-0.05, 0) is 36.5 Å². The van der Waals surface area contributed by atoms with Crippen LogP contribution in [0.5, 0.6) is 0 Å². The predicted octanol–water partition coefficient (Wildman–Crippen LogP) is 3.52. The topological polar surface area (TPSA) is 46.3 Å². The molecule has 1 aliphatic carbocycles. The fourth-order valence-electron chi connectivity index (χ4n) is 2.63. The van der Waals surface area contributed by atoms with E-state index in [2.05, 4.69) is 0 Å². The van der Waals surface area contributed by atoms with Crippen molar-refractivity contribution in [2.45, 2.75) is 25.3 Å². The molecule has 1 saturated carbocycles. The minimum absolute atomic E-state index is 0.106. The van der Waals surface area contributed by atoms with Crippen LogP contribution in [-0.2, 0) is 4.79 Å². The van der Waals surface area contributed by atoms with Crippen LogP contribution in [0.4, 0.5) is 5.69 Å². The summed E-state index contributed by atoms with van der Waals surface area (Å²) in [5, 5.41) is 0. The lowest BCUT2D eigenvalue weighted by Crippen LogP contribution is -2.35. The minimum atomic E-state index is -0.251. The SMILES string of the molecule is NC(CC(=O)N(CC1CC1)c1ccccc1)c1ccccc1. The molecular weight excluding hydrogens is 272 g/mol. The number of hydrogen-bond acceptors (Lipinski definition) is 2. The highest BCUT2D eigenvalue weighted by molar-refractivity contribution is 5.93. The summed E-state index contributed by atoms with van der Waals surface area (Å²) in [6.07, 6.45) is 2.79. The lowest BCUT2D eigenvalue weighted by atomic mass is 10.0. The Balaban J connectivity index is 1.72. The van der Waals surface area contributed by atoms with Crippen LogP contribution in [0.2, 0.25) is 0 Å². The molecule has 22 heavy (non-hydrogen) atoms. The number of rotatable bonds is 6. The average molecular weight is 294 g/mol. The van der Waals surface area contributed by atoms with Crippen molar-refractivity contribution in [3.63, 3.8) is 0 Å². The molecule has 3 rings (SSSR count). The van der Waals surface area contributed by atoms with E-state index in [1.54, 1.807) is 0 Å². The molecule has 3 heteroatoms. The first-order chi connectivity index (χ1) is 10.7. The summed E-state index contributed by atoms with van der Waals surface area (Å²) >= 11 is 0. The quantitative estimate of drug-likeness (QED) is 0.886. The van der Waals surface area contributed by atoms with Gasteiger partial charge in [0.15, 0.2) is 0 Å². The molecule has 0 aromatic heterocycles. The monoisotopic (exact) mass is 294 g/mol. The molecule has 0 radical (unpaired) electrons. The smallest absolute Gasteiger partial charge is 0.228 e. The van der Waals surface area contributed by atoms with Crippen molar-refractivity contribution < 1.29 is 4.79 Å². The average Bonchev–Trinajstić information content (AvgIpc) is 3.38. The standard InChI is InChI=1S/C19H22N2O/c20-18(16-7-3-1-4-8-16)13-19(22)21(14-15-11-12-15)17-9-5-2-6-10-17/h1-10,15,18H,11-14,20H2. The van der Waals surface area contributed by atoms with Gasteiger partial charge in [-0.15, -0.1) is 0 Å². The first-order valence-corrected chi connectivity index (χ1v) is 7.90. The number of hydrogen-bond donors (Lipinski definition) is 1. The highest BCUT2D eigenvalue weighted by Gasteiger charge is 2.28. The van der Waals surface area contributed by atoms with Crippen LogP contribution in [0.25, 0.3) is 0 Å². The highest BCUT2D eigenvalue weighted by Crippen LogP contribution is 2.32. The molecule has 1 fully saturated rings. The molecule has 1 atom stereocenters. The maximum atomic E-state index is 12.7. The molecule has 3 nitrogen and oxygen atoms in total. The van der Waals surface area contributed by atoms with Crippen molar-refractivity contribution in [2.24, 2.45) is 11.7 Å². The Labute approximate surface area is 131 Å². The van der Waals surface area contributed by atoms with Gasteiger partial charge in [-0.25, -0.2) is 0 Å². The van der Waals surface area contributed by atoms with Crippen molar-refractivity contribution in [1.29, 1.82) is 0 Å². The van der Waals surface area contributed by atoms with Crippen molar-refractivity contribution in [3.05, 3.63) is 66.2 Å². The zero-order chi connectivity index (χ0) is 15.4. The molecule has 114 valence electrons. The summed E-state index contributed by atoms with van der Waals surface area (Å²) in [4.78, 5) is 14.6.